The second kappa shape index (κ2) is 14.3. The molecule has 0 spiro atoms. The third kappa shape index (κ3) is 6.29. The van der Waals surface area contributed by atoms with Crippen LogP contribution in [0.2, 0.25) is 0 Å². The molecule has 2 aromatic carbocycles. The summed E-state index contributed by atoms with van der Waals surface area (Å²) in [7, 11) is 0. The summed E-state index contributed by atoms with van der Waals surface area (Å²) in [6.45, 7) is 12.6. The summed E-state index contributed by atoms with van der Waals surface area (Å²) in [5, 5.41) is 13.5. The summed E-state index contributed by atoms with van der Waals surface area (Å²) in [6.07, 6.45) is 0.314. The van der Waals surface area contributed by atoms with Crippen LogP contribution in [0, 0.1) is 40.9 Å². The molecule has 3 aliphatic carbocycles. The molecule has 3 fully saturated rings. The average molecular weight is 774 g/mol. The summed E-state index contributed by atoms with van der Waals surface area (Å²) in [5.74, 6) is -3.78. The van der Waals surface area contributed by atoms with Crippen molar-refractivity contribution in [3.8, 4) is 0 Å². The van der Waals surface area contributed by atoms with Gasteiger partial charge in [-0.15, -0.1) is 6.92 Å². The van der Waals surface area contributed by atoms with Crippen molar-refractivity contribution in [2.75, 3.05) is 6.61 Å². The fraction of sp³-hybridized carbons (Fsp3) is 0.537. The van der Waals surface area contributed by atoms with E-state index in [0.29, 0.717) is 12.0 Å². The summed E-state index contributed by atoms with van der Waals surface area (Å²) in [5.41, 5.74) is 3.68. The van der Waals surface area contributed by atoms with E-state index in [1.165, 1.54) is 6.92 Å². The number of carbonyl (C=O) groups is 4. The number of allylic oxidation sites excluding steroid dienone is 1. The third-order valence-corrected chi connectivity index (χ3v) is 13.0. The number of ether oxygens (including phenoxy) is 3. The molecule has 4 aliphatic rings. The molecule has 51 heavy (non-hydrogen) atoms. The first-order valence-corrected chi connectivity index (χ1v) is 17.7. The van der Waals surface area contributed by atoms with Gasteiger partial charge in [-0.05, 0) is 48.3 Å². The fourth-order valence-electron chi connectivity index (χ4n) is 9.50. The van der Waals surface area contributed by atoms with Crippen molar-refractivity contribution in [2.45, 2.75) is 97.2 Å². The van der Waals surface area contributed by atoms with Crippen LogP contribution in [-0.2, 0) is 61.3 Å². The van der Waals surface area contributed by atoms with Crippen molar-refractivity contribution in [3.63, 3.8) is 0 Å². The number of aliphatic hydroxyl groups is 1. The summed E-state index contributed by atoms with van der Waals surface area (Å²) < 4.78 is 18.7. The summed E-state index contributed by atoms with van der Waals surface area (Å²) in [6, 6.07) is 17.4. The maximum absolute atomic E-state index is 14.9. The maximum Gasteiger partial charge on any atom is 0.338 e. The van der Waals surface area contributed by atoms with Gasteiger partial charge < -0.3 is 29.8 Å². The first-order valence-electron chi connectivity index (χ1n) is 17.7. The molecule has 1 heterocycles. The van der Waals surface area contributed by atoms with Crippen LogP contribution in [-0.4, -0.2) is 58.6 Å². The van der Waals surface area contributed by atoms with E-state index in [4.69, 9.17) is 19.9 Å². The van der Waals surface area contributed by atoms with Crippen LogP contribution in [0.3, 0.4) is 0 Å². The zero-order chi connectivity index (χ0) is 36.4. The third-order valence-electron chi connectivity index (χ3n) is 13.0. The normalized spacial score (nSPS) is 34.8. The van der Waals surface area contributed by atoms with Crippen LogP contribution in [0.1, 0.15) is 89.7 Å². The van der Waals surface area contributed by atoms with Crippen LogP contribution in [0.15, 0.2) is 71.8 Å². The standard InChI is InChI=1S/C41H50NO8.Y/c1-23-18-33-40(22-48-33,50-26(4)43)35-36(49-37(46)28-16-12-9-13-17-28)41(47)21-29(19-31(44)25(3)34(42)27-14-10-8-11-15-27)24(2)30(38(41,5)6)20-32(45)39(23,35)7;/h8-17,20,23,25,29,33-36,47H,18-19,21-22,42H2,1-7H3;/q-1;/t23-,25-,29-,33+,34+,35-,36-,39-,40-,41+;/m0./s1. The number of hydrogen-bond acceptors (Lipinski definition) is 9. The van der Waals surface area contributed by atoms with Gasteiger partial charge in [-0.3, -0.25) is 9.59 Å². The van der Waals surface area contributed by atoms with E-state index in [9.17, 15) is 24.3 Å². The van der Waals surface area contributed by atoms with Crippen LogP contribution < -0.4 is 5.73 Å². The maximum atomic E-state index is 14.9. The van der Waals surface area contributed by atoms with Gasteiger partial charge in [0, 0.05) is 57.0 Å². The predicted molar refractivity (Wildman–Crippen MR) is 186 cm³/mol. The van der Waals surface area contributed by atoms with Crippen molar-refractivity contribution in [1.29, 1.82) is 0 Å². The van der Waals surface area contributed by atoms with Crippen LogP contribution >= 0.6 is 0 Å². The van der Waals surface area contributed by atoms with Gasteiger partial charge in [0.15, 0.2) is 5.60 Å². The van der Waals surface area contributed by atoms with Crippen molar-refractivity contribution < 1.29 is 71.2 Å². The number of nitrogens with two attached hydrogens (primary N) is 1. The van der Waals surface area contributed by atoms with Crippen molar-refractivity contribution in [3.05, 3.63) is 89.4 Å². The van der Waals surface area contributed by atoms with Gasteiger partial charge in [0.1, 0.15) is 23.6 Å². The number of hydrogen-bond donors (Lipinski definition) is 2. The van der Waals surface area contributed by atoms with Crippen LogP contribution in [0.4, 0.5) is 0 Å². The van der Waals surface area contributed by atoms with Gasteiger partial charge in [0.25, 0.3) is 0 Å². The zero-order valence-electron chi connectivity index (χ0n) is 30.7. The molecule has 271 valence electrons. The molecular weight excluding hydrogens is 723 g/mol. The Morgan fingerprint density at radius 3 is 2.24 bits per heavy atom. The van der Waals surface area contributed by atoms with Gasteiger partial charge in [-0.1, -0.05) is 89.1 Å². The van der Waals surface area contributed by atoms with E-state index in [2.05, 4.69) is 0 Å². The Labute approximate surface area is 326 Å². The Bertz CT molecular complexity index is 1710. The van der Waals surface area contributed by atoms with E-state index in [1.807, 2.05) is 71.9 Å². The molecule has 2 aromatic rings. The van der Waals surface area contributed by atoms with Crippen molar-refractivity contribution in [2.24, 2.45) is 40.2 Å². The van der Waals surface area contributed by atoms with Crippen LogP contribution in [0.5, 0.6) is 0 Å². The molecule has 9 nitrogen and oxygen atoms in total. The van der Waals surface area contributed by atoms with E-state index in [-0.39, 0.29) is 75.2 Å². The predicted octanol–water partition coefficient (Wildman–Crippen LogP) is 5.75. The number of fused-ring (bicyclic) bond motifs is 5. The first-order chi connectivity index (χ1) is 23.5. The molecule has 3 N–H and O–H groups in total. The number of rotatable bonds is 8. The fourth-order valence-corrected chi connectivity index (χ4v) is 9.50. The smallest absolute Gasteiger partial charge is 0.338 e. The van der Waals surface area contributed by atoms with Gasteiger partial charge in [0.2, 0.25) is 0 Å². The number of ketones is 2. The second-order valence-corrected chi connectivity index (χ2v) is 15.9. The van der Waals surface area contributed by atoms with Gasteiger partial charge in [-0.25, -0.2) is 10.4 Å². The number of Topliss-reactive ketones (excluding diaryl/α,β-unsaturated/α-hetero) is 2. The Morgan fingerprint density at radius 2 is 1.67 bits per heavy atom. The minimum atomic E-state index is -1.81. The Balaban J connectivity index is 0.00000504. The topological polar surface area (TPSA) is 142 Å². The molecule has 10 atom stereocenters. The summed E-state index contributed by atoms with van der Waals surface area (Å²) >= 11 is 0. The van der Waals surface area contributed by atoms with Gasteiger partial charge in [0.05, 0.1) is 23.9 Å². The largest absolute Gasteiger partial charge is 0.455 e. The molecule has 1 radical (unpaired) electrons. The Hall–Kier alpha value is -2.69. The quantitative estimate of drug-likeness (QED) is 0.254. The molecule has 2 bridgehead atoms. The van der Waals surface area contributed by atoms with Gasteiger partial charge >= 0.3 is 11.9 Å². The molecule has 6 rings (SSSR count). The molecule has 2 saturated carbocycles. The minimum Gasteiger partial charge on any atom is -0.455 e. The Morgan fingerprint density at radius 1 is 1.06 bits per heavy atom. The van der Waals surface area contributed by atoms with Gasteiger partial charge in [-0.2, -0.15) is 12.0 Å². The molecule has 10 heteroatoms. The van der Waals surface area contributed by atoms with E-state index in [0.717, 1.165) is 11.1 Å². The molecule has 0 amide bonds. The number of carbonyl (C=O) groups excluding carboxylic acids is 4. The molecular formula is C41H50NO8Y-. The number of esters is 2. The van der Waals surface area contributed by atoms with E-state index < -0.39 is 70.0 Å². The van der Waals surface area contributed by atoms with E-state index >= 15 is 0 Å². The van der Waals surface area contributed by atoms with E-state index in [1.54, 1.807) is 36.8 Å². The zero-order valence-corrected chi connectivity index (χ0v) is 33.5. The Kier molecular flexibility index (Phi) is 11.1. The minimum absolute atomic E-state index is 0. The average Bonchev–Trinajstić information content (AvgIpc) is 3.08. The summed E-state index contributed by atoms with van der Waals surface area (Å²) in [4.78, 5) is 55.8. The molecule has 1 saturated heterocycles. The van der Waals surface area contributed by atoms with Crippen LogP contribution in [0.25, 0.3) is 0 Å². The molecule has 0 aromatic heterocycles. The molecule has 0 unspecified atom stereocenters. The number of benzene rings is 2. The molecule has 1 aliphatic heterocycles. The van der Waals surface area contributed by atoms with Crippen molar-refractivity contribution in [1.82, 2.24) is 0 Å². The monoisotopic (exact) mass is 773 g/mol. The first kappa shape index (κ1) is 39.5. The van der Waals surface area contributed by atoms with Crippen molar-refractivity contribution >= 4 is 23.5 Å². The SMILES string of the molecule is CC(=O)O[C@@]12CO[C@@H]1C[C@H](C)[C@@]1(C)C(=O)[CH-]C3=C(C)[C@@H](CC(=O)[C@H](C)[C@@H](N)c4ccccc4)C[C@@](O)([C@@H](OC(=O)c4ccccc4)[C@H]21)C3(C)C.[Y]. The second-order valence-electron chi connectivity index (χ2n) is 15.9.